The summed E-state index contributed by atoms with van der Waals surface area (Å²) in [6.45, 7) is 13.1. The van der Waals surface area contributed by atoms with E-state index in [-0.39, 0.29) is 5.56 Å². The molecule has 0 spiro atoms. The number of aromatic nitrogens is 1. The van der Waals surface area contributed by atoms with Crippen LogP contribution in [0.3, 0.4) is 0 Å². The molecule has 0 unspecified atom stereocenters. The van der Waals surface area contributed by atoms with Crippen molar-refractivity contribution in [1.29, 1.82) is 0 Å². The second-order valence-corrected chi connectivity index (χ2v) is 6.69. The molecule has 3 heteroatoms. The minimum Gasteiger partial charge on any atom is -0.322 e. The van der Waals surface area contributed by atoms with Crippen LogP contribution in [0.2, 0.25) is 0 Å². The van der Waals surface area contributed by atoms with Crippen molar-refractivity contribution >= 4 is 0 Å². The fourth-order valence-corrected chi connectivity index (χ4v) is 2.21. The quantitative estimate of drug-likeness (QED) is 0.887. The topological polar surface area (TPSA) is 48.0 Å². The lowest BCUT2D eigenvalue weighted by molar-refractivity contribution is 0.475. The number of nitrogens with two attached hydrogens (primary N) is 1. The van der Waals surface area contributed by atoms with E-state index < -0.39 is 5.54 Å². The van der Waals surface area contributed by atoms with Crippen LogP contribution < -0.4 is 11.3 Å². The molecule has 3 nitrogen and oxygen atoms in total. The first-order chi connectivity index (χ1) is 8.64. The second kappa shape index (κ2) is 5.91. The summed E-state index contributed by atoms with van der Waals surface area (Å²) >= 11 is 0. The third kappa shape index (κ3) is 3.93. The van der Waals surface area contributed by atoms with E-state index in [0.717, 1.165) is 18.7 Å². The molecule has 108 valence electrons. The summed E-state index contributed by atoms with van der Waals surface area (Å²) in [5.41, 5.74) is 7.36. The summed E-state index contributed by atoms with van der Waals surface area (Å²) in [4.78, 5) is 12.6. The predicted octanol–water partition coefficient (Wildman–Crippen LogP) is 3.21. The molecule has 0 fully saturated rings. The van der Waals surface area contributed by atoms with Crippen LogP contribution in [0.15, 0.2) is 16.9 Å². The minimum atomic E-state index is -0.591. The van der Waals surface area contributed by atoms with E-state index in [0.29, 0.717) is 17.4 Å². The Labute approximate surface area is 116 Å². The van der Waals surface area contributed by atoms with Gasteiger partial charge in [-0.05, 0) is 44.2 Å². The molecular formula is C16H28N2O. The maximum Gasteiger partial charge on any atom is 0.255 e. The predicted molar refractivity (Wildman–Crippen MR) is 81.5 cm³/mol. The van der Waals surface area contributed by atoms with Gasteiger partial charge in [-0.15, -0.1) is 0 Å². The Balaban J connectivity index is 3.32. The monoisotopic (exact) mass is 264 g/mol. The summed E-state index contributed by atoms with van der Waals surface area (Å²) in [7, 11) is 0. The van der Waals surface area contributed by atoms with Crippen molar-refractivity contribution in [3.8, 4) is 0 Å². The van der Waals surface area contributed by atoms with Gasteiger partial charge in [0.2, 0.25) is 0 Å². The molecule has 0 aliphatic heterocycles. The first kappa shape index (κ1) is 16.0. The Morgan fingerprint density at radius 2 is 1.79 bits per heavy atom. The van der Waals surface area contributed by atoms with Crippen molar-refractivity contribution < 1.29 is 0 Å². The van der Waals surface area contributed by atoms with Crippen LogP contribution in [0, 0.1) is 5.92 Å². The lowest BCUT2D eigenvalue weighted by Crippen LogP contribution is -2.39. The Morgan fingerprint density at radius 3 is 2.21 bits per heavy atom. The maximum absolute atomic E-state index is 12.6. The Morgan fingerprint density at radius 1 is 1.21 bits per heavy atom. The molecule has 1 rings (SSSR count). The molecule has 0 aliphatic rings. The van der Waals surface area contributed by atoms with E-state index in [2.05, 4.69) is 33.8 Å². The SMILES string of the molecule is CC(C)CCn1c(C(C)C)ccc(C(C)(C)N)c1=O. The van der Waals surface area contributed by atoms with Crippen molar-refractivity contribution in [3.05, 3.63) is 33.7 Å². The van der Waals surface area contributed by atoms with Crippen molar-refractivity contribution in [1.82, 2.24) is 4.57 Å². The molecule has 1 heterocycles. The molecule has 0 atom stereocenters. The number of hydrogen-bond donors (Lipinski definition) is 1. The molecule has 0 amide bonds. The fourth-order valence-electron chi connectivity index (χ4n) is 2.21. The zero-order valence-corrected chi connectivity index (χ0v) is 13.2. The van der Waals surface area contributed by atoms with Gasteiger partial charge in [0.1, 0.15) is 0 Å². The summed E-state index contributed by atoms with van der Waals surface area (Å²) in [6.07, 6.45) is 1.01. The van der Waals surface area contributed by atoms with E-state index in [1.807, 2.05) is 24.5 Å². The van der Waals surface area contributed by atoms with E-state index in [1.165, 1.54) is 0 Å². The molecule has 0 bridgehead atoms. The summed E-state index contributed by atoms with van der Waals surface area (Å²) in [6, 6.07) is 3.94. The highest BCUT2D eigenvalue weighted by Crippen LogP contribution is 2.18. The van der Waals surface area contributed by atoms with Crippen molar-refractivity contribution in [3.63, 3.8) is 0 Å². The van der Waals surface area contributed by atoms with Crippen LogP contribution in [0.5, 0.6) is 0 Å². The molecule has 19 heavy (non-hydrogen) atoms. The Kier molecular flexibility index (Phi) is 4.97. The van der Waals surface area contributed by atoms with Gasteiger partial charge in [0.05, 0.1) is 0 Å². The summed E-state index contributed by atoms with van der Waals surface area (Å²) in [5.74, 6) is 0.927. The van der Waals surface area contributed by atoms with Crippen LogP contribution in [-0.2, 0) is 12.1 Å². The van der Waals surface area contributed by atoms with Gasteiger partial charge in [-0.3, -0.25) is 4.79 Å². The molecule has 0 aliphatic carbocycles. The highest BCUT2D eigenvalue weighted by molar-refractivity contribution is 5.23. The van der Waals surface area contributed by atoms with Crippen LogP contribution in [0.4, 0.5) is 0 Å². The van der Waals surface area contributed by atoms with E-state index in [9.17, 15) is 4.79 Å². The first-order valence-electron chi connectivity index (χ1n) is 7.17. The largest absolute Gasteiger partial charge is 0.322 e. The molecule has 0 radical (unpaired) electrons. The van der Waals surface area contributed by atoms with Gasteiger partial charge in [-0.1, -0.05) is 27.7 Å². The van der Waals surface area contributed by atoms with Crippen LogP contribution in [-0.4, -0.2) is 4.57 Å². The van der Waals surface area contributed by atoms with Gasteiger partial charge in [0.15, 0.2) is 0 Å². The van der Waals surface area contributed by atoms with E-state index in [1.54, 1.807) is 0 Å². The average Bonchev–Trinajstić information content (AvgIpc) is 2.24. The summed E-state index contributed by atoms with van der Waals surface area (Å²) < 4.78 is 1.91. The average molecular weight is 264 g/mol. The number of hydrogen-bond acceptors (Lipinski definition) is 2. The lowest BCUT2D eigenvalue weighted by Gasteiger charge is -2.23. The molecular weight excluding hydrogens is 236 g/mol. The lowest BCUT2D eigenvalue weighted by atomic mass is 9.95. The van der Waals surface area contributed by atoms with Gasteiger partial charge in [0, 0.05) is 23.3 Å². The highest BCUT2D eigenvalue weighted by atomic mass is 16.1. The number of rotatable bonds is 5. The van der Waals surface area contributed by atoms with Gasteiger partial charge < -0.3 is 10.3 Å². The highest BCUT2D eigenvalue weighted by Gasteiger charge is 2.21. The van der Waals surface area contributed by atoms with Gasteiger partial charge >= 0.3 is 0 Å². The van der Waals surface area contributed by atoms with Crippen LogP contribution in [0.25, 0.3) is 0 Å². The molecule has 0 aromatic carbocycles. The second-order valence-electron chi connectivity index (χ2n) is 6.69. The van der Waals surface area contributed by atoms with Crippen molar-refractivity contribution in [2.45, 2.75) is 66.0 Å². The van der Waals surface area contributed by atoms with Gasteiger partial charge in [-0.2, -0.15) is 0 Å². The van der Waals surface area contributed by atoms with Crippen LogP contribution in [0.1, 0.15) is 65.1 Å². The zero-order chi connectivity index (χ0) is 14.8. The smallest absolute Gasteiger partial charge is 0.255 e. The zero-order valence-electron chi connectivity index (χ0n) is 13.2. The third-order valence-corrected chi connectivity index (χ3v) is 3.42. The van der Waals surface area contributed by atoms with E-state index >= 15 is 0 Å². The third-order valence-electron chi connectivity index (χ3n) is 3.42. The van der Waals surface area contributed by atoms with E-state index in [4.69, 9.17) is 5.73 Å². The van der Waals surface area contributed by atoms with Crippen molar-refractivity contribution in [2.75, 3.05) is 0 Å². The van der Waals surface area contributed by atoms with Gasteiger partial charge in [0.25, 0.3) is 5.56 Å². The van der Waals surface area contributed by atoms with Gasteiger partial charge in [-0.25, -0.2) is 0 Å². The molecule has 1 aromatic heterocycles. The minimum absolute atomic E-state index is 0.0688. The molecule has 0 saturated heterocycles. The number of nitrogens with zero attached hydrogens (tertiary/aromatic N) is 1. The van der Waals surface area contributed by atoms with Crippen molar-refractivity contribution in [2.24, 2.45) is 11.7 Å². The fraction of sp³-hybridized carbons (Fsp3) is 0.688. The molecule has 0 saturated carbocycles. The molecule has 2 N–H and O–H groups in total. The first-order valence-corrected chi connectivity index (χ1v) is 7.17. The Hall–Kier alpha value is -1.09. The molecule has 1 aromatic rings. The normalized spacial score (nSPS) is 12.5. The Bertz CT molecular complexity index is 479. The van der Waals surface area contributed by atoms with Crippen LogP contribution >= 0.6 is 0 Å². The maximum atomic E-state index is 12.6. The standard InChI is InChI=1S/C16H28N2O/c1-11(2)9-10-18-14(12(3)4)8-7-13(15(18)19)16(5,6)17/h7-8,11-12H,9-10,17H2,1-6H3. The summed E-state index contributed by atoms with van der Waals surface area (Å²) in [5, 5.41) is 0. The number of pyridine rings is 1.